The molecule has 2 rings (SSSR count). The molecule has 0 unspecified atom stereocenters. The van der Waals surface area contributed by atoms with Gasteiger partial charge in [-0.2, -0.15) is 0 Å². The topological polar surface area (TPSA) is 94.5 Å². The van der Waals surface area contributed by atoms with Crippen LogP contribution in [0.1, 0.15) is 15.9 Å². The first kappa shape index (κ1) is 20.9. The van der Waals surface area contributed by atoms with Gasteiger partial charge in [-0.05, 0) is 35.9 Å². The molecule has 0 bridgehead atoms. The first-order valence-electron chi connectivity index (χ1n) is 8.36. The van der Waals surface area contributed by atoms with Crippen LogP contribution < -0.4 is 18.9 Å². The highest BCUT2D eigenvalue weighted by Crippen LogP contribution is 2.27. The van der Waals surface area contributed by atoms with Crippen molar-refractivity contribution in [3.63, 3.8) is 0 Å². The number of hydrogen-bond donors (Lipinski definition) is 1. The van der Waals surface area contributed by atoms with Gasteiger partial charge in [-0.1, -0.05) is 0 Å². The van der Waals surface area contributed by atoms with E-state index in [0.717, 1.165) is 0 Å². The van der Waals surface area contributed by atoms with Crippen molar-refractivity contribution in [2.45, 2.75) is 6.54 Å². The Morgan fingerprint density at radius 3 is 1.96 bits per heavy atom. The SMILES string of the molecule is COc1cc(CN(CC(=O)O)C(=O)c2cc(OC)ccc2OC)cc(OC)c1. The number of methoxy groups -OCH3 is 4. The minimum absolute atomic E-state index is 0.0407. The molecule has 1 amide bonds. The number of hydrogen-bond acceptors (Lipinski definition) is 6. The third-order valence-corrected chi connectivity index (χ3v) is 4.04. The second-order valence-electron chi connectivity index (χ2n) is 5.84. The average Bonchev–Trinajstić information content (AvgIpc) is 2.71. The highest BCUT2D eigenvalue weighted by Gasteiger charge is 2.23. The van der Waals surface area contributed by atoms with Crippen molar-refractivity contribution in [2.75, 3.05) is 35.0 Å². The molecular weight excluding hydrogens is 366 g/mol. The van der Waals surface area contributed by atoms with Crippen molar-refractivity contribution >= 4 is 11.9 Å². The van der Waals surface area contributed by atoms with Gasteiger partial charge in [0.25, 0.3) is 5.91 Å². The largest absolute Gasteiger partial charge is 0.497 e. The summed E-state index contributed by atoms with van der Waals surface area (Å²) in [6.45, 7) is -0.447. The number of carbonyl (C=O) groups excluding carboxylic acids is 1. The standard InChI is InChI=1S/C20H23NO7/c1-25-14-5-6-18(28-4)17(10-14)20(24)21(12-19(22)23)11-13-7-15(26-2)9-16(8-13)27-3/h5-10H,11-12H2,1-4H3,(H,22,23). The van der Waals surface area contributed by atoms with Crippen LogP contribution in [-0.2, 0) is 11.3 Å². The van der Waals surface area contributed by atoms with Crippen LogP contribution in [0.4, 0.5) is 0 Å². The Kier molecular flexibility index (Phi) is 7.08. The van der Waals surface area contributed by atoms with E-state index in [1.807, 2.05) is 0 Å². The highest BCUT2D eigenvalue weighted by atomic mass is 16.5. The zero-order valence-corrected chi connectivity index (χ0v) is 16.2. The second kappa shape index (κ2) is 9.50. The molecule has 2 aromatic rings. The van der Waals surface area contributed by atoms with Gasteiger partial charge in [0.1, 0.15) is 29.5 Å². The van der Waals surface area contributed by atoms with Crippen molar-refractivity contribution in [3.8, 4) is 23.0 Å². The zero-order chi connectivity index (χ0) is 20.7. The molecular formula is C20H23NO7. The van der Waals surface area contributed by atoms with Gasteiger partial charge in [0.05, 0.1) is 34.0 Å². The Morgan fingerprint density at radius 1 is 0.857 bits per heavy atom. The first-order chi connectivity index (χ1) is 13.4. The molecule has 1 N–H and O–H groups in total. The lowest BCUT2D eigenvalue weighted by Crippen LogP contribution is -2.35. The van der Waals surface area contributed by atoms with Crippen LogP contribution in [-0.4, -0.2) is 56.9 Å². The number of amides is 1. The van der Waals surface area contributed by atoms with Gasteiger partial charge >= 0.3 is 5.97 Å². The molecule has 2 aromatic carbocycles. The lowest BCUT2D eigenvalue weighted by Gasteiger charge is -2.23. The average molecular weight is 389 g/mol. The lowest BCUT2D eigenvalue weighted by molar-refractivity contribution is -0.137. The maximum atomic E-state index is 13.1. The summed E-state index contributed by atoms with van der Waals surface area (Å²) in [6.07, 6.45) is 0. The summed E-state index contributed by atoms with van der Waals surface area (Å²) in [5.41, 5.74) is 0.866. The molecule has 0 atom stereocenters. The Balaban J connectivity index is 2.41. The van der Waals surface area contributed by atoms with Crippen LogP contribution >= 0.6 is 0 Å². The monoisotopic (exact) mass is 389 g/mol. The molecule has 0 fully saturated rings. The van der Waals surface area contributed by atoms with Crippen LogP contribution in [0.3, 0.4) is 0 Å². The van der Waals surface area contributed by atoms with Gasteiger partial charge < -0.3 is 29.0 Å². The fourth-order valence-electron chi connectivity index (χ4n) is 2.69. The Hall–Kier alpha value is -3.42. The van der Waals surface area contributed by atoms with Crippen molar-refractivity contribution in [3.05, 3.63) is 47.5 Å². The van der Waals surface area contributed by atoms with E-state index >= 15 is 0 Å². The third-order valence-electron chi connectivity index (χ3n) is 4.04. The second-order valence-corrected chi connectivity index (χ2v) is 5.84. The summed E-state index contributed by atoms with van der Waals surface area (Å²) in [5.74, 6) is 0.226. The van der Waals surface area contributed by atoms with Crippen LogP contribution in [0, 0.1) is 0 Å². The number of aliphatic carboxylic acids is 1. The first-order valence-corrected chi connectivity index (χ1v) is 8.36. The normalized spacial score (nSPS) is 10.1. The van der Waals surface area contributed by atoms with E-state index in [0.29, 0.717) is 28.6 Å². The summed E-state index contributed by atoms with van der Waals surface area (Å²) >= 11 is 0. The number of benzene rings is 2. The molecule has 0 spiro atoms. The molecule has 0 aromatic heterocycles. The predicted molar refractivity (Wildman–Crippen MR) is 101 cm³/mol. The smallest absolute Gasteiger partial charge is 0.323 e. The van der Waals surface area contributed by atoms with Crippen molar-refractivity contribution < 1.29 is 33.6 Å². The molecule has 0 heterocycles. The number of carboxylic acid groups (broad SMARTS) is 1. The van der Waals surface area contributed by atoms with Gasteiger partial charge in [0, 0.05) is 12.6 Å². The Morgan fingerprint density at radius 2 is 1.46 bits per heavy atom. The van der Waals surface area contributed by atoms with E-state index in [2.05, 4.69) is 0 Å². The third kappa shape index (κ3) is 5.06. The zero-order valence-electron chi connectivity index (χ0n) is 16.2. The van der Waals surface area contributed by atoms with E-state index in [1.54, 1.807) is 30.3 Å². The summed E-state index contributed by atoms with van der Waals surface area (Å²) in [6, 6.07) is 9.89. The number of carbonyl (C=O) groups is 2. The minimum Gasteiger partial charge on any atom is -0.497 e. The van der Waals surface area contributed by atoms with Crippen molar-refractivity contribution in [1.29, 1.82) is 0 Å². The molecule has 0 radical (unpaired) electrons. The van der Waals surface area contributed by atoms with Gasteiger partial charge in [0.15, 0.2) is 0 Å². The molecule has 0 aliphatic rings. The Bertz CT molecular complexity index is 828. The molecule has 0 aliphatic carbocycles. The van der Waals surface area contributed by atoms with Gasteiger partial charge in [-0.15, -0.1) is 0 Å². The van der Waals surface area contributed by atoms with E-state index in [4.69, 9.17) is 18.9 Å². The summed E-state index contributed by atoms with van der Waals surface area (Å²) < 4.78 is 20.9. The fraction of sp³-hybridized carbons (Fsp3) is 0.300. The summed E-state index contributed by atoms with van der Waals surface area (Å²) in [4.78, 5) is 25.7. The van der Waals surface area contributed by atoms with Crippen LogP contribution in [0.5, 0.6) is 23.0 Å². The van der Waals surface area contributed by atoms with E-state index in [-0.39, 0.29) is 12.1 Å². The van der Waals surface area contributed by atoms with Crippen molar-refractivity contribution in [1.82, 2.24) is 4.90 Å². The van der Waals surface area contributed by atoms with E-state index < -0.39 is 18.4 Å². The number of nitrogens with zero attached hydrogens (tertiary/aromatic N) is 1. The molecule has 150 valence electrons. The summed E-state index contributed by atoms with van der Waals surface area (Å²) in [5, 5.41) is 9.29. The lowest BCUT2D eigenvalue weighted by atomic mass is 10.1. The van der Waals surface area contributed by atoms with Crippen LogP contribution in [0.15, 0.2) is 36.4 Å². The molecule has 8 heteroatoms. The van der Waals surface area contributed by atoms with Crippen molar-refractivity contribution in [2.24, 2.45) is 0 Å². The van der Waals surface area contributed by atoms with Crippen LogP contribution in [0.2, 0.25) is 0 Å². The maximum absolute atomic E-state index is 13.1. The minimum atomic E-state index is -1.13. The number of carboxylic acids is 1. The molecule has 0 aliphatic heterocycles. The molecule has 0 saturated heterocycles. The van der Waals surface area contributed by atoms with Gasteiger partial charge in [0.2, 0.25) is 0 Å². The fourth-order valence-corrected chi connectivity index (χ4v) is 2.69. The van der Waals surface area contributed by atoms with E-state index in [1.165, 1.54) is 39.4 Å². The predicted octanol–water partition coefficient (Wildman–Crippen LogP) is 2.45. The van der Waals surface area contributed by atoms with Gasteiger partial charge in [-0.25, -0.2) is 0 Å². The maximum Gasteiger partial charge on any atom is 0.323 e. The van der Waals surface area contributed by atoms with E-state index in [9.17, 15) is 14.7 Å². The van der Waals surface area contributed by atoms with Gasteiger partial charge in [-0.3, -0.25) is 9.59 Å². The highest BCUT2D eigenvalue weighted by molar-refractivity contribution is 5.98. The number of rotatable bonds is 9. The molecule has 0 saturated carbocycles. The molecule has 28 heavy (non-hydrogen) atoms. The molecule has 8 nitrogen and oxygen atoms in total. The Labute approximate surface area is 163 Å². The summed E-state index contributed by atoms with van der Waals surface area (Å²) in [7, 11) is 5.94. The van der Waals surface area contributed by atoms with Crippen LogP contribution in [0.25, 0.3) is 0 Å². The number of ether oxygens (including phenoxy) is 4. The quantitative estimate of drug-likeness (QED) is 0.704.